The van der Waals surface area contributed by atoms with E-state index in [4.69, 9.17) is 37.9 Å². The summed E-state index contributed by atoms with van der Waals surface area (Å²) in [6, 6.07) is 0. The van der Waals surface area contributed by atoms with E-state index in [1.165, 1.54) is 70.6 Å². The number of hydrogen-bond acceptors (Lipinski definition) is 9. The van der Waals surface area contributed by atoms with Crippen molar-refractivity contribution in [2.75, 3.05) is 41.7 Å². The largest absolute Gasteiger partial charge is 0.462 e. The van der Waals surface area contributed by atoms with Gasteiger partial charge in [0.15, 0.2) is 0 Å². The van der Waals surface area contributed by atoms with Crippen LogP contribution in [0.4, 0.5) is 0 Å². The molecule has 6 atom stereocenters. The van der Waals surface area contributed by atoms with Gasteiger partial charge in [-0.1, -0.05) is 96.1 Å². The lowest BCUT2D eigenvalue weighted by atomic mass is 9.99. The SMILES string of the molecule is C=CCC[C@H](CCC(=O)O[C@H](CC=C)CC[C@@H](OCOC)[C@H]1CC[C@H]([C@H](CCCCCCCCCCCCCC)OCOC)O1)OCOC. The van der Waals surface area contributed by atoms with E-state index >= 15 is 0 Å². The standard InChI is InChI=1S/C40H74O9/c1-7-10-12-13-14-15-16-17-18-19-20-21-24-36(46-32-43-5)38-28-29-39(49-38)37(47-33-44-6)27-25-35(22-9-3)48-40(41)30-26-34(23-11-8-2)45-31-42-4/h8-9,34-39H,2-3,7,10-33H2,1,4-6H3/t34-,35-,36+,37-,38-,39-/m1/s1. The Labute approximate surface area is 300 Å². The van der Waals surface area contributed by atoms with Gasteiger partial charge in [0.25, 0.3) is 0 Å². The molecule has 0 bridgehead atoms. The first-order chi connectivity index (χ1) is 24.0. The minimum atomic E-state index is -0.286. The number of ether oxygens (including phenoxy) is 8. The van der Waals surface area contributed by atoms with E-state index in [2.05, 4.69) is 20.1 Å². The lowest BCUT2D eigenvalue weighted by Gasteiger charge is -2.28. The number of esters is 1. The number of unbranched alkanes of at least 4 members (excludes halogenated alkanes) is 11. The van der Waals surface area contributed by atoms with Crippen LogP contribution in [0.3, 0.4) is 0 Å². The fourth-order valence-electron chi connectivity index (χ4n) is 6.55. The van der Waals surface area contributed by atoms with Crippen molar-refractivity contribution in [2.45, 2.75) is 185 Å². The second-order valence-electron chi connectivity index (χ2n) is 13.5. The summed E-state index contributed by atoms with van der Waals surface area (Å²) in [6.07, 6.45) is 26.0. The zero-order valence-corrected chi connectivity index (χ0v) is 31.9. The van der Waals surface area contributed by atoms with Crippen LogP contribution in [0.15, 0.2) is 25.3 Å². The summed E-state index contributed by atoms with van der Waals surface area (Å²) in [5.41, 5.74) is 0. The highest BCUT2D eigenvalue weighted by atomic mass is 16.7. The summed E-state index contributed by atoms with van der Waals surface area (Å²) in [6.45, 7) is 10.6. The number of carbonyl (C=O) groups excluding carboxylic acids is 1. The van der Waals surface area contributed by atoms with Crippen molar-refractivity contribution in [1.82, 2.24) is 0 Å². The van der Waals surface area contributed by atoms with Gasteiger partial charge in [-0.2, -0.15) is 0 Å². The first-order valence-corrected chi connectivity index (χ1v) is 19.4. The molecule has 1 aliphatic rings. The Morgan fingerprint density at radius 1 is 0.653 bits per heavy atom. The normalized spacial score (nSPS) is 18.6. The van der Waals surface area contributed by atoms with E-state index in [0.29, 0.717) is 25.7 Å². The van der Waals surface area contributed by atoms with Gasteiger partial charge in [0, 0.05) is 34.2 Å². The summed E-state index contributed by atoms with van der Waals surface area (Å²) >= 11 is 0. The number of methoxy groups -OCH3 is 3. The molecule has 0 amide bonds. The van der Waals surface area contributed by atoms with Crippen molar-refractivity contribution in [1.29, 1.82) is 0 Å². The average molecular weight is 699 g/mol. The summed E-state index contributed by atoms with van der Waals surface area (Å²) in [7, 11) is 4.88. The van der Waals surface area contributed by atoms with Crippen LogP contribution in [0, 0.1) is 0 Å². The smallest absolute Gasteiger partial charge is 0.306 e. The second kappa shape index (κ2) is 32.6. The molecule has 0 aromatic carbocycles. The van der Waals surface area contributed by atoms with Gasteiger partial charge in [-0.25, -0.2) is 0 Å². The van der Waals surface area contributed by atoms with Gasteiger partial charge < -0.3 is 37.9 Å². The lowest BCUT2D eigenvalue weighted by Crippen LogP contribution is -2.35. The minimum absolute atomic E-state index is 0.00216. The molecular weight excluding hydrogens is 624 g/mol. The van der Waals surface area contributed by atoms with E-state index in [1.54, 1.807) is 27.4 Å². The van der Waals surface area contributed by atoms with Crippen molar-refractivity contribution in [3.8, 4) is 0 Å². The predicted molar refractivity (Wildman–Crippen MR) is 196 cm³/mol. The lowest BCUT2D eigenvalue weighted by molar-refractivity contribution is -0.162. The summed E-state index contributed by atoms with van der Waals surface area (Å²) in [4.78, 5) is 12.8. The molecule has 0 unspecified atom stereocenters. The minimum Gasteiger partial charge on any atom is -0.462 e. The third-order valence-corrected chi connectivity index (χ3v) is 9.34. The Kier molecular flexibility index (Phi) is 30.4. The van der Waals surface area contributed by atoms with Gasteiger partial charge >= 0.3 is 5.97 Å². The molecule has 9 heteroatoms. The summed E-state index contributed by atoms with van der Waals surface area (Å²) in [5.74, 6) is -0.237. The van der Waals surface area contributed by atoms with Crippen LogP contribution in [0.2, 0.25) is 0 Å². The van der Waals surface area contributed by atoms with Crippen LogP contribution in [-0.2, 0) is 42.7 Å². The van der Waals surface area contributed by atoms with Crippen LogP contribution in [0.5, 0.6) is 0 Å². The topological polar surface area (TPSA) is 90.9 Å². The van der Waals surface area contributed by atoms with Crippen LogP contribution in [0.1, 0.15) is 148 Å². The third-order valence-electron chi connectivity index (χ3n) is 9.34. The quantitative estimate of drug-likeness (QED) is 0.0275. The molecule has 1 aliphatic heterocycles. The molecule has 288 valence electrons. The number of allylic oxidation sites excluding steroid dienone is 1. The van der Waals surface area contributed by atoms with Crippen molar-refractivity contribution in [3.05, 3.63) is 25.3 Å². The Balaban J connectivity index is 2.57. The summed E-state index contributed by atoms with van der Waals surface area (Å²) in [5, 5.41) is 0. The maximum absolute atomic E-state index is 12.8. The molecule has 1 saturated heterocycles. The van der Waals surface area contributed by atoms with Crippen molar-refractivity contribution >= 4 is 5.97 Å². The number of rotatable bonds is 36. The van der Waals surface area contributed by atoms with Gasteiger partial charge in [0.1, 0.15) is 26.5 Å². The van der Waals surface area contributed by atoms with Gasteiger partial charge in [-0.15, -0.1) is 13.2 Å². The monoisotopic (exact) mass is 699 g/mol. The molecule has 0 N–H and O–H groups in total. The average Bonchev–Trinajstić information content (AvgIpc) is 3.59. The first kappa shape index (κ1) is 45.7. The molecule has 0 aromatic heterocycles. The van der Waals surface area contributed by atoms with E-state index in [0.717, 1.165) is 38.5 Å². The van der Waals surface area contributed by atoms with Gasteiger partial charge in [0.2, 0.25) is 0 Å². The molecule has 0 aromatic rings. The Morgan fingerprint density at radius 2 is 1.18 bits per heavy atom. The fraction of sp³-hybridized carbons (Fsp3) is 0.875. The fourth-order valence-corrected chi connectivity index (χ4v) is 6.55. The molecule has 1 rings (SSSR count). The molecule has 1 heterocycles. The van der Waals surface area contributed by atoms with Crippen molar-refractivity contribution < 1.29 is 42.7 Å². The number of carbonyl (C=O) groups is 1. The van der Waals surface area contributed by atoms with E-state index in [9.17, 15) is 4.79 Å². The van der Waals surface area contributed by atoms with Gasteiger partial charge in [-0.3, -0.25) is 4.79 Å². The summed E-state index contributed by atoms with van der Waals surface area (Å²) < 4.78 is 46.1. The highest BCUT2D eigenvalue weighted by Gasteiger charge is 2.37. The van der Waals surface area contributed by atoms with Gasteiger partial charge in [0.05, 0.1) is 30.5 Å². The zero-order chi connectivity index (χ0) is 35.8. The Hall–Kier alpha value is -1.33. The maximum atomic E-state index is 12.8. The van der Waals surface area contributed by atoms with Crippen LogP contribution in [-0.4, -0.2) is 84.3 Å². The zero-order valence-electron chi connectivity index (χ0n) is 31.9. The molecule has 49 heavy (non-hydrogen) atoms. The molecule has 9 nitrogen and oxygen atoms in total. The van der Waals surface area contributed by atoms with E-state index in [1.807, 2.05) is 6.08 Å². The first-order valence-electron chi connectivity index (χ1n) is 19.4. The predicted octanol–water partition coefficient (Wildman–Crippen LogP) is 9.61. The highest BCUT2D eigenvalue weighted by molar-refractivity contribution is 5.69. The molecule has 0 radical (unpaired) electrons. The molecular formula is C40H74O9. The van der Waals surface area contributed by atoms with Crippen LogP contribution < -0.4 is 0 Å². The van der Waals surface area contributed by atoms with Crippen LogP contribution in [0.25, 0.3) is 0 Å². The third kappa shape index (κ3) is 23.7. The molecule has 0 saturated carbocycles. The van der Waals surface area contributed by atoms with Crippen molar-refractivity contribution in [3.63, 3.8) is 0 Å². The second-order valence-corrected chi connectivity index (χ2v) is 13.5. The van der Waals surface area contributed by atoms with E-state index in [-0.39, 0.29) is 69.4 Å². The molecule has 1 fully saturated rings. The maximum Gasteiger partial charge on any atom is 0.306 e. The highest BCUT2D eigenvalue weighted by Crippen LogP contribution is 2.31. The molecule has 0 aliphatic carbocycles. The van der Waals surface area contributed by atoms with Crippen molar-refractivity contribution in [2.24, 2.45) is 0 Å². The molecule has 0 spiro atoms. The number of hydrogen-bond donors (Lipinski definition) is 0. The van der Waals surface area contributed by atoms with E-state index < -0.39 is 0 Å². The Morgan fingerprint density at radius 3 is 1.71 bits per heavy atom. The van der Waals surface area contributed by atoms with Gasteiger partial charge in [-0.05, 0) is 51.4 Å². The Bertz CT molecular complexity index is 779. The van der Waals surface area contributed by atoms with Crippen LogP contribution >= 0.6 is 0 Å².